The zero-order valence-corrected chi connectivity index (χ0v) is 14.9. The van der Waals surface area contributed by atoms with Gasteiger partial charge in [0.25, 0.3) is 5.91 Å². The molecule has 0 aliphatic heterocycles. The molecule has 0 unspecified atom stereocenters. The fourth-order valence-electron chi connectivity index (χ4n) is 2.36. The zero-order chi connectivity index (χ0) is 16.3. The lowest BCUT2D eigenvalue weighted by atomic mass is 9.94. The highest BCUT2D eigenvalue weighted by Gasteiger charge is 2.13. The Morgan fingerprint density at radius 1 is 0.957 bits per heavy atom. The van der Waals surface area contributed by atoms with Gasteiger partial charge in [-0.2, -0.15) is 0 Å². The fraction of sp³-hybridized carbons (Fsp3) is 0.316. The lowest BCUT2D eigenvalue weighted by Crippen LogP contribution is -2.14. The Labute approximate surface area is 144 Å². The molecule has 2 rings (SSSR count). The summed E-state index contributed by atoms with van der Waals surface area (Å²) in [5.74, 6) is 0.707. The van der Waals surface area contributed by atoms with E-state index in [4.69, 9.17) is 5.73 Å². The summed E-state index contributed by atoms with van der Waals surface area (Å²) in [5, 5.41) is 3.01. The first-order valence-corrected chi connectivity index (χ1v) is 7.69. The van der Waals surface area contributed by atoms with Crippen molar-refractivity contribution < 1.29 is 4.79 Å². The molecule has 1 amide bonds. The van der Waals surface area contributed by atoms with Gasteiger partial charge in [-0.15, -0.1) is 12.4 Å². The van der Waals surface area contributed by atoms with Crippen LogP contribution in [-0.4, -0.2) is 5.91 Å². The number of benzene rings is 2. The minimum Gasteiger partial charge on any atom is -0.399 e. The number of anilines is 2. The smallest absolute Gasteiger partial charge is 0.255 e. The van der Waals surface area contributed by atoms with Crippen LogP contribution < -0.4 is 11.1 Å². The molecule has 4 heteroatoms. The molecular formula is C19H25ClN2O. The Kier molecular flexibility index (Phi) is 6.64. The van der Waals surface area contributed by atoms with Gasteiger partial charge in [-0.3, -0.25) is 4.79 Å². The van der Waals surface area contributed by atoms with E-state index in [0.717, 1.165) is 11.3 Å². The van der Waals surface area contributed by atoms with Crippen LogP contribution in [0.25, 0.3) is 0 Å². The number of carbonyl (C=O) groups is 1. The highest BCUT2D eigenvalue weighted by atomic mass is 35.5. The number of nitrogen functional groups attached to an aromatic ring is 1. The van der Waals surface area contributed by atoms with Crippen molar-refractivity contribution in [1.29, 1.82) is 0 Å². The van der Waals surface area contributed by atoms with Gasteiger partial charge in [0.05, 0.1) is 0 Å². The monoisotopic (exact) mass is 332 g/mol. The summed E-state index contributed by atoms with van der Waals surface area (Å²) in [7, 11) is 0. The van der Waals surface area contributed by atoms with Crippen molar-refractivity contribution in [2.24, 2.45) is 0 Å². The third-order valence-corrected chi connectivity index (χ3v) is 3.79. The quantitative estimate of drug-likeness (QED) is 0.757. The largest absolute Gasteiger partial charge is 0.399 e. The predicted octanol–water partition coefficient (Wildman–Crippen LogP) is 5.19. The van der Waals surface area contributed by atoms with Gasteiger partial charge in [0.1, 0.15) is 0 Å². The van der Waals surface area contributed by atoms with E-state index in [1.165, 1.54) is 5.56 Å². The Morgan fingerprint density at radius 2 is 1.57 bits per heavy atom. The van der Waals surface area contributed by atoms with Crippen molar-refractivity contribution in [3.8, 4) is 0 Å². The number of rotatable bonds is 4. The Hall–Kier alpha value is -2.00. The molecule has 0 aliphatic rings. The first-order valence-electron chi connectivity index (χ1n) is 7.69. The van der Waals surface area contributed by atoms with Crippen LogP contribution in [0.5, 0.6) is 0 Å². The van der Waals surface area contributed by atoms with Crippen LogP contribution in [0.3, 0.4) is 0 Å². The van der Waals surface area contributed by atoms with Crippen LogP contribution in [0.2, 0.25) is 0 Å². The summed E-state index contributed by atoms with van der Waals surface area (Å²) in [6.45, 7) is 8.62. The van der Waals surface area contributed by atoms with Gasteiger partial charge < -0.3 is 11.1 Å². The van der Waals surface area contributed by atoms with Gasteiger partial charge in [0.2, 0.25) is 0 Å². The molecule has 124 valence electrons. The van der Waals surface area contributed by atoms with Crippen molar-refractivity contribution in [2.45, 2.75) is 39.5 Å². The molecule has 0 radical (unpaired) electrons. The molecular weight excluding hydrogens is 308 g/mol. The molecule has 0 fully saturated rings. The third-order valence-electron chi connectivity index (χ3n) is 3.79. The van der Waals surface area contributed by atoms with Crippen molar-refractivity contribution in [3.05, 3.63) is 59.2 Å². The summed E-state index contributed by atoms with van der Waals surface area (Å²) >= 11 is 0. The average Bonchev–Trinajstić information content (AvgIpc) is 2.47. The van der Waals surface area contributed by atoms with Crippen LogP contribution in [0.15, 0.2) is 42.5 Å². The Bertz CT molecular complexity index is 664. The van der Waals surface area contributed by atoms with Crippen LogP contribution in [0.4, 0.5) is 11.4 Å². The van der Waals surface area contributed by atoms with Gasteiger partial charge in [-0.1, -0.05) is 39.8 Å². The van der Waals surface area contributed by atoms with Crippen molar-refractivity contribution in [3.63, 3.8) is 0 Å². The molecule has 23 heavy (non-hydrogen) atoms. The number of carbonyl (C=O) groups excluding carboxylic acids is 1. The lowest BCUT2D eigenvalue weighted by Gasteiger charge is -2.17. The number of hydrogen-bond acceptors (Lipinski definition) is 2. The molecule has 0 heterocycles. The van der Waals surface area contributed by atoms with Gasteiger partial charge in [0.15, 0.2) is 0 Å². The van der Waals surface area contributed by atoms with Gasteiger partial charge in [-0.05, 0) is 53.3 Å². The van der Waals surface area contributed by atoms with E-state index < -0.39 is 0 Å². The molecule has 0 saturated carbocycles. The van der Waals surface area contributed by atoms with Crippen LogP contribution >= 0.6 is 12.4 Å². The molecule has 0 bridgehead atoms. The van der Waals surface area contributed by atoms with E-state index in [0.29, 0.717) is 23.1 Å². The fourth-order valence-corrected chi connectivity index (χ4v) is 2.36. The van der Waals surface area contributed by atoms with Crippen LogP contribution in [0.1, 0.15) is 61.0 Å². The molecule has 2 aromatic carbocycles. The highest BCUT2D eigenvalue weighted by molar-refractivity contribution is 6.04. The third kappa shape index (κ3) is 4.73. The number of hydrogen-bond donors (Lipinski definition) is 2. The summed E-state index contributed by atoms with van der Waals surface area (Å²) in [6, 6.07) is 13.2. The van der Waals surface area contributed by atoms with Crippen LogP contribution in [-0.2, 0) is 0 Å². The van der Waals surface area contributed by atoms with Crippen LogP contribution in [0, 0.1) is 0 Å². The molecule has 0 saturated heterocycles. The summed E-state index contributed by atoms with van der Waals surface area (Å²) in [6.07, 6.45) is 0. The first-order chi connectivity index (χ1) is 10.4. The minimum absolute atomic E-state index is 0. The molecule has 3 N–H and O–H groups in total. The van der Waals surface area contributed by atoms with Gasteiger partial charge in [-0.25, -0.2) is 0 Å². The van der Waals surface area contributed by atoms with Crippen molar-refractivity contribution in [2.75, 3.05) is 11.1 Å². The normalized spacial score (nSPS) is 10.5. The number of nitrogens with two attached hydrogens (primary N) is 1. The zero-order valence-electron chi connectivity index (χ0n) is 14.1. The average molecular weight is 333 g/mol. The minimum atomic E-state index is -0.112. The second kappa shape index (κ2) is 8.02. The molecule has 2 aromatic rings. The number of nitrogens with one attached hydrogen (secondary N) is 1. The van der Waals surface area contributed by atoms with Crippen molar-refractivity contribution in [1.82, 2.24) is 0 Å². The molecule has 0 aliphatic carbocycles. The maximum absolute atomic E-state index is 12.4. The topological polar surface area (TPSA) is 55.1 Å². The summed E-state index contributed by atoms with van der Waals surface area (Å²) in [4.78, 5) is 12.4. The number of halogens is 1. The van der Waals surface area contributed by atoms with E-state index in [1.807, 2.05) is 6.07 Å². The van der Waals surface area contributed by atoms with Gasteiger partial charge >= 0.3 is 0 Å². The Morgan fingerprint density at radius 3 is 2.09 bits per heavy atom. The summed E-state index contributed by atoms with van der Waals surface area (Å²) < 4.78 is 0. The maximum Gasteiger partial charge on any atom is 0.255 e. The summed E-state index contributed by atoms with van der Waals surface area (Å²) in [5.41, 5.74) is 10.2. The van der Waals surface area contributed by atoms with Gasteiger partial charge in [0, 0.05) is 16.9 Å². The second-order valence-corrected chi connectivity index (χ2v) is 6.23. The standard InChI is InChI=1S/C19H24N2O.ClH/c1-12(2)15-7-10-18(17(11-15)13(3)4)21-19(22)14-5-8-16(20)9-6-14;/h5-13H,20H2,1-4H3,(H,21,22);1H. The molecule has 0 aromatic heterocycles. The Balaban J connectivity index is 0.00000264. The highest BCUT2D eigenvalue weighted by Crippen LogP contribution is 2.28. The van der Waals surface area contributed by atoms with E-state index in [1.54, 1.807) is 24.3 Å². The van der Waals surface area contributed by atoms with E-state index in [9.17, 15) is 4.79 Å². The SMILES string of the molecule is CC(C)c1ccc(NC(=O)c2ccc(N)cc2)c(C(C)C)c1.Cl. The molecule has 0 atom stereocenters. The first kappa shape index (κ1) is 19.0. The van der Waals surface area contributed by atoms with E-state index in [2.05, 4.69) is 45.1 Å². The lowest BCUT2D eigenvalue weighted by molar-refractivity contribution is 0.102. The molecule has 3 nitrogen and oxygen atoms in total. The maximum atomic E-state index is 12.4. The van der Waals surface area contributed by atoms with E-state index in [-0.39, 0.29) is 18.3 Å². The van der Waals surface area contributed by atoms with Crippen molar-refractivity contribution >= 4 is 29.7 Å². The second-order valence-electron chi connectivity index (χ2n) is 6.23. The number of amides is 1. The van der Waals surface area contributed by atoms with E-state index >= 15 is 0 Å². The predicted molar refractivity (Wildman–Crippen MR) is 101 cm³/mol. The molecule has 0 spiro atoms.